The smallest absolute Gasteiger partial charge is 0.407 e. The maximum Gasteiger partial charge on any atom is 0.407 e. The molecular formula is C57H88ClN7O14. The minimum atomic E-state index is -1.95. The number of hydrogen-bond acceptors (Lipinski definition) is 18. The highest BCUT2D eigenvalue weighted by Gasteiger charge is 2.54. The van der Waals surface area contributed by atoms with E-state index in [1.165, 1.54) is 14.0 Å². The normalized spacial score (nSPS) is 36.3. The van der Waals surface area contributed by atoms with Gasteiger partial charge in [0.1, 0.15) is 29.1 Å². The van der Waals surface area contributed by atoms with Gasteiger partial charge in [0.25, 0.3) is 0 Å². The summed E-state index contributed by atoms with van der Waals surface area (Å²) in [5, 5.41) is 52.1. The van der Waals surface area contributed by atoms with Gasteiger partial charge in [0.2, 0.25) is 0 Å². The number of amides is 2. The van der Waals surface area contributed by atoms with Crippen LogP contribution < -0.4 is 10.6 Å². The quantitative estimate of drug-likeness (QED) is 0.0857. The number of nitrogens with one attached hydrogen (secondary N) is 2. The molecule has 5 N–H and O–H groups in total. The molecule has 3 aliphatic heterocycles. The first-order valence-electron chi connectivity index (χ1n) is 27.6. The number of aliphatic hydroxyl groups is 3. The van der Waals surface area contributed by atoms with E-state index < -0.39 is 108 Å². The van der Waals surface area contributed by atoms with Crippen molar-refractivity contribution in [2.24, 2.45) is 17.8 Å². The van der Waals surface area contributed by atoms with Gasteiger partial charge < -0.3 is 68.7 Å². The van der Waals surface area contributed by atoms with E-state index in [1.54, 1.807) is 64.6 Å². The molecule has 3 aromatic rings. The summed E-state index contributed by atoms with van der Waals surface area (Å²) >= 11 is 6.05. The molecule has 1 aromatic heterocycles. The summed E-state index contributed by atoms with van der Waals surface area (Å²) in [6, 6.07) is 15.7. The van der Waals surface area contributed by atoms with Crippen LogP contribution in [0.15, 0.2) is 60.8 Å². The number of alkyl carbamates (subject to hydrolysis) is 2. The number of aliphatic hydroxyl groups excluding tert-OH is 1. The van der Waals surface area contributed by atoms with Crippen molar-refractivity contribution in [1.29, 1.82) is 0 Å². The molecule has 18 atom stereocenters. The van der Waals surface area contributed by atoms with Crippen LogP contribution in [0.2, 0.25) is 5.02 Å². The molecule has 0 bridgehead atoms. The zero-order valence-corrected chi connectivity index (χ0v) is 49.3. The van der Waals surface area contributed by atoms with Crippen molar-refractivity contribution in [2.45, 2.75) is 205 Å². The molecule has 0 spiro atoms. The van der Waals surface area contributed by atoms with E-state index in [9.17, 15) is 29.7 Å². The van der Waals surface area contributed by atoms with Crippen molar-refractivity contribution in [3.8, 4) is 0 Å². The predicted octanol–water partition coefficient (Wildman–Crippen LogP) is 6.06. The Hall–Kier alpha value is -4.52. The standard InChI is InChI=1S/C57H88ClN7O14/c1-15-44-57(10,71)49(78-53(68)59-28-39-19-17-16-18-20-39)37(6)64(13)30-33(2)26-55(8,70)48(77-52-46(66)43(63(11)12)25-34(3)73-52)35(4)47(36(5)51(67)75-44)76-45-27-56(9,72-14)50(38(7)74-45)79-54(69)60-29-42-32-65(62-61-42)31-40-21-23-41(58)24-22-40/h16-24,32-38,43-50,52,66,70-71H,15,25-31H2,1-14H3,(H,59,68)(H,60,69)/t33-,34-,35+,36-,37+,38+,43+,44+,45+,46-,47-,48-,49+,50+,52+,55-,56-,57-/m1/s1. The van der Waals surface area contributed by atoms with Gasteiger partial charge >= 0.3 is 18.2 Å². The number of hydrogen-bond donors (Lipinski definition) is 5. The first-order valence-corrected chi connectivity index (χ1v) is 28.0. The Morgan fingerprint density at radius 2 is 1.52 bits per heavy atom. The number of nitrogens with zero attached hydrogens (tertiary/aromatic N) is 5. The Balaban J connectivity index is 1.29. The number of likely N-dealkylation sites (N-methyl/N-ethyl adjacent to an activating group) is 2. The van der Waals surface area contributed by atoms with Gasteiger partial charge in [-0.2, -0.15) is 0 Å². The van der Waals surface area contributed by atoms with E-state index in [1.807, 2.05) is 94.2 Å². The van der Waals surface area contributed by atoms with Crippen LogP contribution in [-0.2, 0) is 62.3 Å². The molecule has 0 radical (unpaired) electrons. The summed E-state index contributed by atoms with van der Waals surface area (Å²) in [7, 11) is 7.08. The Kier molecular flexibility index (Phi) is 22.2. The van der Waals surface area contributed by atoms with Crippen molar-refractivity contribution in [2.75, 3.05) is 34.8 Å². The number of carbonyl (C=O) groups is 3. The third-order valence-corrected chi connectivity index (χ3v) is 16.4. The number of cyclic esters (lactones) is 1. The number of esters is 1. The second-order valence-electron chi connectivity index (χ2n) is 23.2. The van der Waals surface area contributed by atoms with Crippen LogP contribution in [0.5, 0.6) is 0 Å². The van der Waals surface area contributed by atoms with E-state index in [0.717, 1.165) is 11.1 Å². The van der Waals surface area contributed by atoms with Gasteiger partial charge in [0, 0.05) is 49.6 Å². The van der Waals surface area contributed by atoms with Gasteiger partial charge in [-0.3, -0.25) is 9.69 Å². The van der Waals surface area contributed by atoms with Crippen LogP contribution in [0.4, 0.5) is 9.59 Å². The number of halogens is 1. The van der Waals surface area contributed by atoms with Crippen molar-refractivity contribution in [1.82, 2.24) is 35.4 Å². The molecule has 0 aliphatic carbocycles. The molecule has 3 saturated heterocycles. The van der Waals surface area contributed by atoms with Gasteiger partial charge in [-0.15, -0.1) is 5.10 Å². The summed E-state index contributed by atoms with van der Waals surface area (Å²) in [5.41, 5.74) is -2.53. The first-order chi connectivity index (χ1) is 37.2. The van der Waals surface area contributed by atoms with Crippen LogP contribution in [0, 0.1) is 17.8 Å². The molecular weight excluding hydrogens is 1040 g/mol. The monoisotopic (exact) mass is 1130 g/mol. The van der Waals surface area contributed by atoms with Gasteiger partial charge in [0.15, 0.2) is 24.8 Å². The van der Waals surface area contributed by atoms with Gasteiger partial charge in [-0.05, 0) is 118 Å². The van der Waals surface area contributed by atoms with Crippen molar-refractivity contribution < 1.29 is 67.6 Å². The number of rotatable bonds is 15. The zero-order chi connectivity index (χ0) is 58.1. The highest BCUT2D eigenvalue weighted by atomic mass is 35.5. The van der Waals surface area contributed by atoms with Crippen LogP contribution in [0.1, 0.15) is 112 Å². The summed E-state index contributed by atoms with van der Waals surface area (Å²) in [4.78, 5) is 46.0. The minimum Gasteiger partial charge on any atom is -0.459 e. The average molecular weight is 1130 g/mol. The molecule has 6 rings (SSSR count). The van der Waals surface area contributed by atoms with E-state index >= 15 is 0 Å². The topological polar surface area (TPSA) is 247 Å². The highest BCUT2D eigenvalue weighted by molar-refractivity contribution is 6.30. The van der Waals surface area contributed by atoms with E-state index in [-0.39, 0.29) is 50.4 Å². The molecule has 0 saturated carbocycles. The lowest BCUT2D eigenvalue weighted by atomic mass is 9.77. The molecule has 79 heavy (non-hydrogen) atoms. The molecule has 21 nitrogen and oxygen atoms in total. The van der Waals surface area contributed by atoms with E-state index in [0.29, 0.717) is 30.2 Å². The third-order valence-electron chi connectivity index (χ3n) is 16.1. The van der Waals surface area contributed by atoms with Crippen molar-refractivity contribution in [3.05, 3.63) is 82.6 Å². The zero-order valence-electron chi connectivity index (χ0n) is 48.5. The number of ether oxygens (including phenoxy) is 8. The Morgan fingerprint density at radius 3 is 2.15 bits per heavy atom. The fourth-order valence-corrected chi connectivity index (χ4v) is 11.8. The maximum absolute atomic E-state index is 15.0. The second-order valence-corrected chi connectivity index (χ2v) is 23.6. The third kappa shape index (κ3) is 16.4. The fraction of sp³-hybridized carbons (Fsp3) is 0.702. The Labute approximate surface area is 471 Å². The van der Waals surface area contributed by atoms with Gasteiger partial charge in [-0.25, -0.2) is 14.3 Å². The molecule has 2 aromatic carbocycles. The first kappa shape index (κ1) is 63.7. The fourth-order valence-electron chi connectivity index (χ4n) is 11.7. The van der Waals surface area contributed by atoms with Crippen LogP contribution >= 0.6 is 11.6 Å². The molecule has 22 heteroatoms. The summed E-state index contributed by atoms with van der Waals surface area (Å²) in [5.74, 6) is -3.06. The molecule has 442 valence electrons. The lowest BCUT2D eigenvalue weighted by molar-refractivity contribution is -0.317. The van der Waals surface area contributed by atoms with E-state index in [2.05, 4.69) is 20.9 Å². The van der Waals surface area contributed by atoms with Gasteiger partial charge in [0.05, 0.1) is 55.2 Å². The summed E-state index contributed by atoms with van der Waals surface area (Å²) in [6.07, 6.45) is -9.32. The molecule has 2 amide bonds. The average Bonchev–Trinajstić information content (AvgIpc) is 3.85. The predicted molar refractivity (Wildman–Crippen MR) is 293 cm³/mol. The maximum atomic E-state index is 15.0. The second kappa shape index (κ2) is 27.5. The largest absolute Gasteiger partial charge is 0.459 e. The highest BCUT2D eigenvalue weighted by Crippen LogP contribution is 2.41. The van der Waals surface area contributed by atoms with E-state index in [4.69, 9.17) is 49.5 Å². The Bertz CT molecular complexity index is 2420. The number of carbonyl (C=O) groups excluding carboxylic acids is 3. The SMILES string of the molecule is CC[C@@H]1OC(=O)[C@H](C)[C@H](O[C@H]2C[C@@](C)(OC)[C@@H](OC(=O)NCc3cn(Cc4ccc(Cl)cc4)nn3)[C@H](C)O2)[C@H](C)[C@@H](O[C@@H]2O[C@H](C)C[C@H](N(C)C)[C@H]2O)[C@](C)(O)C[C@@H](C)CN(C)[C@@H](C)[C@H](OC(=O)NCc2ccccc2)[C@]1(C)O. The van der Waals surface area contributed by atoms with Gasteiger partial charge in [-0.1, -0.05) is 80.1 Å². The lowest BCUT2D eigenvalue weighted by Crippen LogP contribution is -2.61. The Morgan fingerprint density at radius 1 is 0.873 bits per heavy atom. The van der Waals surface area contributed by atoms with Crippen molar-refractivity contribution in [3.63, 3.8) is 0 Å². The minimum absolute atomic E-state index is 0.00308. The molecule has 3 fully saturated rings. The summed E-state index contributed by atoms with van der Waals surface area (Å²) < 4.78 is 53.0. The number of methoxy groups -OCH3 is 1. The molecule has 3 aliphatic rings. The number of aromatic nitrogens is 3. The molecule has 4 heterocycles. The van der Waals surface area contributed by atoms with Crippen LogP contribution in [-0.4, -0.2) is 183 Å². The summed E-state index contributed by atoms with van der Waals surface area (Å²) in [6.45, 7) is 18.5. The van der Waals surface area contributed by atoms with Crippen molar-refractivity contribution >= 4 is 29.8 Å². The van der Waals surface area contributed by atoms with Crippen LogP contribution in [0.3, 0.4) is 0 Å². The molecule has 0 unspecified atom stereocenters. The number of benzene rings is 2. The lowest BCUT2D eigenvalue weighted by Gasteiger charge is -2.49. The van der Waals surface area contributed by atoms with Crippen LogP contribution in [0.25, 0.3) is 0 Å².